The van der Waals surface area contributed by atoms with Crippen LogP contribution in [0.3, 0.4) is 0 Å². The summed E-state index contributed by atoms with van der Waals surface area (Å²) in [5, 5.41) is 13.8. The normalized spacial score (nSPS) is 11.5. The molecule has 6 nitrogen and oxygen atoms in total. The Balaban J connectivity index is 1.75. The molecule has 3 N–H and O–H groups in total. The predicted octanol–water partition coefficient (Wildman–Crippen LogP) is 3.03. The molecule has 0 radical (unpaired) electrons. The number of anilines is 1. The van der Waals surface area contributed by atoms with Gasteiger partial charge in [-0.1, -0.05) is 49.4 Å². The maximum Gasteiger partial charge on any atom is 0.322 e. The maximum absolute atomic E-state index is 12.3. The summed E-state index contributed by atoms with van der Waals surface area (Å²) < 4.78 is 0. The minimum atomic E-state index is -1.08. The molecule has 0 aliphatic carbocycles. The number of carboxylic acid groups (broad SMARTS) is 1. The highest BCUT2D eigenvalue weighted by Crippen LogP contribution is 2.15. The van der Waals surface area contributed by atoms with Crippen LogP contribution in [0.1, 0.15) is 30.9 Å². The molecule has 0 spiro atoms. The second-order valence-corrected chi connectivity index (χ2v) is 6.81. The van der Waals surface area contributed by atoms with E-state index in [0.717, 1.165) is 24.8 Å². The molecule has 0 aliphatic rings. The van der Waals surface area contributed by atoms with Crippen LogP contribution in [0.15, 0.2) is 54.6 Å². The number of nitrogens with one attached hydrogen (secondary N) is 2. The molecule has 0 fully saturated rings. The van der Waals surface area contributed by atoms with Gasteiger partial charge in [0.25, 0.3) is 0 Å². The Hall–Kier alpha value is -3.15. The quantitative estimate of drug-likeness (QED) is 0.589. The van der Waals surface area contributed by atoms with E-state index in [2.05, 4.69) is 22.8 Å². The first-order chi connectivity index (χ1) is 13.4. The van der Waals surface area contributed by atoms with Crippen LogP contribution in [0.5, 0.6) is 0 Å². The molecule has 0 saturated heterocycles. The molecule has 2 amide bonds. The van der Waals surface area contributed by atoms with E-state index >= 15 is 0 Å². The molecule has 28 heavy (non-hydrogen) atoms. The third-order valence-corrected chi connectivity index (χ3v) is 4.42. The van der Waals surface area contributed by atoms with Gasteiger partial charge in [-0.3, -0.25) is 14.4 Å². The van der Waals surface area contributed by atoms with Gasteiger partial charge >= 0.3 is 5.97 Å². The van der Waals surface area contributed by atoms with Crippen LogP contribution in [0, 0.1) is 5.92 Å². The van der Waals surface area contributed by atoms with Crippen LogP contribution < -0.4 is 10.6 Å². The van der Waals surface area contributed by atoms with Gasteiger partial charge in [-0.05, 0) is 42.5 Å². The molecule has 2 rings (SSSR count). The Morgan fingerprint density at radius 3 is 2.29 bits per heavy atom. The molecular formula is C22H26N2O4. The van der Waals surface area contributed by atoms with Crippen molar-refractivity contribution in [3.05, 3.63) is 65.7 Å². The van der Waals surface area contributed by atoms with Gasteiger partial charge in [0.1, 0.15) is 6.54 Å². The van der Waals surface area contributed by atoms with Crippen molar-refractivity contribution in [2.45, 2.75) is 32.6 Å². The van der Waals surface area contributed by atoms with Gasteiger partial charge < -0.3 is 15.7 Å². The fourth-order valence-corrected chi connectivity index (χ4v) is 2.78. The number of amides is 2. The summed E-state index contributed by atoms with van der Waals surface area (Å²) in [6.07, 6.45) is 2.81. The molecule has 0 aliphatic heterocycles. The van der Waals surface area contributed by atoms with Crippen LogP contribution in [-0.2, 0) is 27.2 Å². The van der Waals surface area contributed by atoms with Crippen molar-refractivity contribution in [3.63, 3.8) is 0 Å². The summed E-state index contributed by atoms with van der Waals surface area (Å²) in [6, 6.07) is 17.2. The van der Waals surface area contributed by atoms with E-state index < -0.39 is 12.5 Å². The zero-order valence-corrected chi connectivity index (χ0v) is 16.0. The maximum atomic E-state index is 12.3. The molecule has 2 aromatic carbocycles. The monoisotopic (exact) mass is 382 g/mol. The molecule has 148 valence electrons. The highest BCUT2D eigenvalue weighted by Gasteiger charge is 2.13. The lowest BCUT2D eigenvalue weighted by molar-refractivity contribution is -0.137. The number of carbonyl (C=O) groups is 3. The lowest BCUT2D eigenvalue weighted by atomic mass is 10.0. The smallest absolute Gasteiger partial charge is 0.322 e. The largest absolute Gasteiger partial charge is 0.480 e. The number of benzene rings is 2. The third kappa shape index (κ3) is 7.61. The third-order valence-electron chi connectivity index (χ3n) is 4.42. The summed E-state index contributed by atoms with van der Waals surface area (Å²) in [5.41, 5.74) is 2.70. The van der Waals surface area contributed by atoms with Crippen LogP contribution in [0.4, 0.5) is 5.69 Å². The van der Waals surface area contributed by atoms with E-state index in [0.29, 0.717) is 5.69 Å². The zero-order valence-electron chi connectivity index (χ0n) is 16.0. The van der Waals surface area contributed by atoms with Crippen molar-refractivity contribution < 1.29 is 19.5 Å². The summed E-state index contributed by atoms with van der Waals surface area (Å²) in [5.74, 6) is -1.55. The predicted molar refractivity (Wildman–Crippen MR) is 108 cm³/mol. The van der Waals surface area contributed by atoms with E-state index in [4.69, 9.17) is 5.11 Å². The van der Waals surface area contributed by atoms with E-state index in [-0.39, 0.29) is 24.2 Å². The Bertz CT molecular complexity index is 788. The van der Waals surface area contributed by atoms with Crippen molar-refractivity contribution >= 4 is 23.5 Å². The zero-order chi connectivity index (χ0) is 20.4. The van der Waals surface area contributed by atoms with Gasteiger partial charge in [0, 0.05) is 11.6 Å². The van der Waals surface area contributed by atoms with Crippen molar-refractivity contribution in [1.82, 2.24) is 5.32 Å². The number of carboxylic acids is 1. The fraction of sp³-hybridized carbons (Fsp3) is 0.318. The van der Waals surface area contributed by atoms with Crippen molar-refractivity contribution in [2.75, 3.05) is 11.9 Å². The van der Waals surface area contributed by atoms with E-state index in [1.165, 1.54) is 5.56 Å². The van der Waals surface area contributed by atoms with Crippen LogP contribution in [0.2, 0.25) is 0 Å². The van der Waals surface area contributed by atoms with Gasteiger partial charge in [-0.15, -0.1) is 0 Å². The number of hydrogen-bond acceptors (Lipinski definition) is 3. The SMILES string of the molecule is CC(CCCc1ccccc1)C(=O)Nc1ccc(CC(=O)NCC(=O)O)cc1. The Morgan fingerprint density at radius 1 is 0.964 bits per heavy atom. The van der Waals surface area contributed by atoms with Crippen LogP contribution >= 0.6 is 0 Å². The van der Waals surface area contributed by atoms with Gasteiger partial charge in [-0.25, -0.2) is 0 Å². The average molecular weight is 382 g/mol. The minimum absolute atomic E-state index is 0.0278. The summed E-state index contributed by atoms with van der Waals surface area (Å²) in [7, 11) is 0. The Kier molecular flexibility index (Phi) is 8.21. The molecule has 1 unspecified atom stereocenters. The number of hydrogen-bond donors (Lipinski definition) is 3. The summed E-state index contributed by atoms with van der Waals surface area (Å²) in [6.45, 7) is 1.52. The van der Waals surface area contributed by atoms with Crippen LogP contribution in [0.25, 0.3) is 0 Å². The summed E-state index contributed by atoms with van der Waals surface area (Å²) >= 11 is 0. The van der Waals surface area contributed by atoms with Crippen molar-refractivity contribution in [1.29, 1.82) is 0 Å². The van der Waals surface area contributed by atoms with E-state index in [1.54, 1.807) is 24.3 Å². The number of rotatable bonds is 10. The molecule has 2 aromatic rings. The highest BCUT2D eigenvalue weighted by atomic mass is 16.4. The first-order valence-electron chi connectivity index (χ1n) is 9.36. The topological polar surface area (TPSA) is 95.5 Å². The minimum Gasteiger partial charge on any atom is -0.480 e. The number of aliphatic carboxylic acids is 1. The Morgan fingerprint density at radius 2 is 1.64 bits per heavy atom. The molecule has 0 bridgehead atoms. The fourth-order valence-electron chi connectivity index (χ4n) is 2.78. The molecule has 0 heterocycles. The lowest BCUT2D eigenvalue weighted by Crippen LogP contribution is -2.30. The van der Waals surface area contributed by atoms with E-state index in [9.17, 15) is 14.4 Å². The van der Waals surface area contributed by atoms with Crippen LogP contribution in [-0.4, -0.2) is 29.4 Å². The summed E-state index contributed by atoms with van der Waals surface area (Å²) in [4.78, 5) is 34.4. The van der Waals surface area contributed by atoms with Crippen molar-refractivity contribution in [3.8, 4) is 0 Å². The van der Waals surface area contributed by atoms with Crippen molar-refractivity contribution in [2.24, 2.45) is 5.92 Å². The molecule has 1 atom stereocenters. The standard InChI is InChI=1S/C22H26N2O4/c1-16(6-5-9-17-7-3-2-4-8-17)22(28)24-19-12-10-18(11-13-19)14-20(25)23-15-21(26)27/h2-4,7-8,10-13,16H,5-6,9,14-15H2,1H3,(H,23,25)(H,24,28)(H,26,27). The van der Waals surface area contributed by atoms with Gasteiger partial charge in [0.15, 0.2) is 0 Å². The van der Waals surface area contributed by atoms with Gasteiger partial charge in [0.05, 0.1) is 6.42 Å². The first-order valence-corrected chi connectivity index (χ1v) is 9.36. The van der Waals surface area contributed by atoms with Gasteiger partial charge in [-0.2, -0.15) is 0 Å². The number of aryl methyl sites for hydroxylation is 1. The molecular weight excluding hydrogens is 356 g/mol. The lowest BCUT2D eigenvalue weighted by Gasteiger charge is -2.12. The molecule has 6 heteroatoms. The second-order valence-electron chi connectivity index (χ2n) is 6.81. The average Bonchev–Trinajstić information content (AvgIpc) is 2.68. The van der Waals surface area contributed by atoms with E-state index in [1.807, 2.05) is 25.1 Å². The molecule has 0 saturated carbocycles. The molecule has 0 aromatic heterocycles. The van der Waals surface area contributed by atoms with Gasteiger partial charge in [0.2, 0.25) is 11.8 Å². The second kappa shape index (κ2) is 10.9. The Labute approximate surface area is 165 Å². The highest BCUT2D eigenvalue weighted by molar-refractivity contribution is 5.92. The number of carbonyl (C=O) groups excluding carboxylic acids is 2. The first kappa shape index (κ1) is 21.2.